The first-order valence-corrected chi connectivity index (χ1v) is 6.70. The Balaban J connectivity index is 1.99. The molecule has 1 aromatic carbocycles. The number of para-hydroxylation sites is 1. The summed E-state index contributed by atoms with van der Waals surface area (Å²) in [5.74, 6) is -0.892. The molecule has 1 unspecified atom stereocenters. The quantitative estimate of drug-likeness (QED) is 0.580. The molecule has 1 atom stereocenters. The number of nitrogens with zero attached hydrogens (tertiary/aromatic N) is 3. The fourth-order valence-electron chi connectivity index (χ4n) is 2.00. The molecule has 0 saturated heterocycles. The number of hydrogen-bond acceptors (Lipinski definition) is 6. The third-order valence-electron chi connectivity index (χ3n) is 3.11. The van der Waals surface area contributed by atoms with Gasteiger partial charge in [-0.15, -0.1) is 0 Å². The average Bonchev–Trinajstić information content (AvgIpc) is 2.86. The van der Waals surface area contributed by atoms with E-state index in [9.17, 15) is 20.0 Å². The van der Waals surface area contributed by atoms with Crippen molar-refractivity contribution in [2.24, 2.45) is 0 Å². The molecule has 9 nitrogen and oxygen atoms in total. The van der Waals surface area contributed by atoms with Gasteiger partial charge in [-0.05, 0) is 22.0 Å². The van der Waals surface area contributed by atoms with Crippen LogP contribution in [-0.2, 0) is 6.54 Å². The standard InChI is InChI=1S/C14H15N3O6/c1-9-15-13(17(21)22)7-16(9)6-10(18)8-23-12-5-3-2-4-11(12)14(19)20/h2-5,7,10,18H,6,8H2,1H3,(H,19,20). The summed E-state index contributed by atoms with van der Waals surface area (Å²) in [4.78, 5) is 24.8. The van der Waals surface area contributed by atoms with E-state index < -0.39 is 17.0 Å². The van der Waals surface area contributed by atoms with Crippen molar-refractivity contribution in [2.75, 3.05) is 6.61 Å². The molecule has 1 aromatic heterocycles. The van der Waals surface area contributed by atoms with Gasteiger partial charge < -0.3 is 29.6 Å². The monoisotopic (exact) mass is 321 g/mol. The van der Waals surface area contributed by atoms with E-state index in [1.54, 1.807) is 19.1 Å². The van der Waals surface area contributed by atoms with E-state index in [-0.39, 0.29) is 30.3 Å². The number of benzene rings is 1. The van der Waals surface area contributed by atoms with Crippen molar-refractivity contribution in [2.45, 2.75) is 19.6 Å². The first-order chi connectivity index (χ1) is 10.9. The van der Waals surface area contributed by atoms with Gasteiger partial charge in [-0.1, -0.05) is 12.1 Å². The summed E-state index contributed by atoms with van der Waals surface area (Å²) in [5, 5.41) is 29.7. The van der Waals surface area contributed by atoms with Crippen LogP contribution in [-0.4, -0.2) is 43.4 Å². The number of hydrogen-bond donors (Lipinski definition) is 2. The van der Waals surface area contributed by atoms with Crippen LogP contribution in [0.3, 0.4) is 0 Å². The van der Waals surface area contributed by atoms with Gasteiger partial charge in [0.2, 0.25) is 5.82 Å². The van der Waals surface area contributed by atoms with Crippen molar-refractivity contribution in [3.05, 3.63) is 52.0 Å². The van der Waals surface area contributed by atoms with E-state index in [2.05, 4.69) is 4.98 Å². The Morgan fingerprint density at radius 1 is 1.48 bits per heavy atom. The number of aliphatic hydroxyl groups excluding tert-OH is 1. The number of carboxylic acid groups (broad SMARTS) is 1. The van der Waals surface area contributed by atoms with Gasteiger partial charge in [0.05, 0.1) is 6.54 Å². The zero-order chi connectivity index (χ0) is 17.0. The second kappa shape index (κ2) is 6.88. The highest BCUT2D eigenvalue weighted by Gasteiger charge is 2.18. The summed E-state index contributed by atoms with van der Waals surface area (Å²) in [6.07, 6.45) is 0.244. The molecule has 122 valence electrons. The minimum absolute atomic E-state index is 0.00542. The summed E-state index contributed by atoms with van der Waals surface area (Å²) < 4.78 is 6.77. The van der Waals surface area contributed by atoms with Gasteiger partial charge in [0.25, 0.3) is 0 Å². The summed E-state index contributed by atoms with van der Waals surface area (Å²) in [6, 6.07) is 6.08. The van der Waals surface area contributed by atoms with Crippen molar-refractivity contribution in [3.63, 3.8) is 0 Å². The number of aromatic carboxylic acids is 1. The van der Waals surface area contributed by atoms with Crippen LogP contribution in [0.5, 0.6) is 5.75 Å². The van der Waals surface area contributed by atoms with E-state index in [4.69, 9.17) is 9.84 Å². The molecule has 23 heavy (non-hydrogen) atoms. The summed E-state index contributed by atoms with van der Waals surface area (Å²) in [6.45, 7) is 1.47. The van der Waals surface area contributed by atoms with Gasteiger partial charge in [-0.2, -0.15) is 0 Å². The predicted molar refractivity (Wildman–Crippen MR) is 78.5 cm³/mol. The first kappa shape index (κ1) is 16.4. The number of carbonyl (C=O) groups is 1. The van der Waals surface area contributed by atoms with E-state index >= 15 is 0 Å². The largest absolute Gasteiger partial charge is 0.490 e. The van der Waals surface area contributed by atoms with Crippen LogP contribution in [0.4, 0.5) is 5.82 Å². The lowest BCUT2D eigenvalue weighted by atomic mass is 10.2. The molecule has 0 aliphatic carbocycles. The smallest absolute Gasteiger partial charge is 0.381 e. The molecule has 0 fully saturated rings. The van der Waals surface area contributed by atoms with Crippen LogP contribution >= 0.6 is 0 Å². The zero-order valence-corrected chi connectivity index (χ0v) is 12.2. The molecule has 9 heteroatoms. The van der Waals surface area contributed by atoms with E-state index in [0.717, 1.165) is 0 Å². The normalized spacial score (nSPS) is 11.9. The molecule has 0 radical (unpaired) electrons. The SMILES string of the molecule is Cc1nc([N+](=O)[O-])cn1CC(O)COc1ccccc1C(=O)O. The molecule has 0 amide bonds. The van der Waals surface area contributed by atoms with Crippen LogP contribution in [0, 0.1) is 17.0 Å². The lowest BCUT2D eigenvalue weighted by molar-refractivity contribution is -0.389. The van der Waals surface area contributed by atoms with Gasteiger partial charge in [-0.25, -0.2) is 4.79 Å². The summed E-state index contributed by atoms with van der Waals surface area (Å²) in [5.41, 5.74) is -0.00542. The number of aryl methyl sites for hydroxylation is 1. The second-order valence-electron chi connectivity index (χ2n) is 4.82. The highest BCUT2D eigenvalue weighted by atomic mass is 16.6. The number of nitro groups is 1. The third-order valence-corrected chi connectivity index (χ3v) is 3.11. The van der Waals surface area contributed by atoms with Crippen LogP contribution in [0.25, 0.3) is 0 Å². The van der Waals surface area contributed by atoms with Gasteiger partial charge in [0, 0.05) is 6.92 Å². The van der Waals surface area contributed by atoms with Crippen LogP contribution in [0.15, 0.2) is 30.5 Å². The molecular formula is C14H15N3O6. The summed E-state index contributed by atoms with van der Waals surface area (Å²) >= 11 is 0. The highest BCUT2D eigenvalue weighted by Crippen LogP contribution is 2.18. The third kappa shape index (κ3) is 4.04. The zero-order valence-electron chi connectivity index (χ0n) is 12.2. The van der Waals surface area contributed by atoms with E-state index in [1.165, 1.54) is 22.9 Å². The number of aliphatic hydroxyl groups is 1. The van der Waals surface area contributed by atoms with Crippen molar-refractivity contribution in [1.29, 1.82) is 0 Å². The number of ether oxygens (including phenoxy) is 1. The number of imidazole rings is 1. The predicted octanol–water partition coefficient (Wildman–Crippen LogP) is 1.24. The fraction of sp³-hybridized carbons (Fsp3) is 0.286. The maximum absolute atomic E-state index is 11.0. The minimum Gasteiger partial charge on any atom is -0.490 e. The molecule has 0 saturated carbocycles. The lowest BCUT2D eigenvalue weighted by Gasteiger charge is -2.14. The Labute approximate surface area is 130 Å². The van der Waals surface area contributed by atoms with Gasteiger partial charge >= 0.3 is 11.8 Å². The lowest BCUT2D eigenvalue weighted by Crippen LogP contribution is -2.24. The number of carboxylic acids is 1. The van der Waals surface area contributed by atoms with Crippen molar-refractivity contribution in [3.8, 4) is 5.75 Å². The molecule has 0 aliphatic rings. The molecular weight excluding hydrogens is 306 g/mol. The van der Waals surface area contributed by atoms with Gasteiger partial charge in [-0.3, -0.25) is 0 Å². The molecule has 2 aromatic rings. The second-order valence-corrected chi connectivity index (χ2v) is 4.82. The fourth-order valence-corrected chi connectivity index (χ4v) is 2.00. The van der Waals surface area contributed by atoms with Crippen molar-refractivity contribution >= 4 is 11.8 Å². The minimum atomic E-state index is -1.13. The Bertz CT molecular complexity index is 727. The maximum atomic E-state index is 11.0. The van der Waals surface area contributed by atoms with Crippen LogP contribution < -0.4 is 4.74 Å². The Hall–Kier alpha value is -2.94. The molecule has 1 heterocycles. The van der Waals surface area contributed by atoms with E-state index in [1.807, 2.05) is 0 Å². The molecule has 0 bridgehead atoms. The molecule has 0 spiro atoms. The maximum Gasteiger partial charge on any atom is 0.381 e. The average molecular weight is 321 g/mol. The summed E-state index contributed by atoms with van der Waals surface area (Å²) in [7, 11) is 0. The Morgan fingerprint density at radius 3 is 2.78 bits per heavy atom. The number of aromatic nitrogens is 2. The van der Waals surface area contributed by atoms with Crippen molar-refractivity contribution in [1.82, 2.24) is 9.55 Å². The molecule has 0 aliphatic heterocycles. The van der Waals surface area contributed by atoms with Gasteiger partial charge in [0.1, 0.15) is 30.2 Å². The first-order valence-electron chi connectivity index (χ1n) is 6.70. The molecule has 2 N–H and O–H groups in total. The van der Waals surface area contributed by atoms with Crippen LogP contribution in [0.1, 0.15) is 16.2 Å². The molecule has 2 rings (SSSR count). The van der Waals surface area contributed by atoms with Crippen molar-refractivity contribution < 1.29 is 24.7 Å². The topological polar surface area (TPSA) is 128 Å². The van der Waals surface area contributed by atoms with E-state index in [0.29, 0.717) is 5.82 Å². The highest BCUT2D eigenvalue weighted by molar-refractivity contribution is 5.90. The Kier molecular flexibility index (Phi) is 4.91. The Morgan fingerprint density at radius 2 is 2.17 bits per heavy atom. The van der Waals surface area contributed by atoms with Crippen LogP contribution in [0.2, 0.25) is 0 Å². The van der Waals surface area contributed by atoms with Gasteiger partial charge in [0.15, 0.2) is 0 Å². The number of rotatable bonds is 7.